The molecule has 116 valence electrons. The van der Waals surface area contributed by atoms with E-state index in [4.69, 9.17) is 0 Å². The number of benzene rings is 2. The fraction of sp³-hybridized carbons (Fsp3) is 0.316. The first-order chi connectivity index (χ1) is 10.5. The Hall–Kier alpha value is -2.16. The van der Waals surface area contributed by atoms with E-state index in [1.54, 1.807) is 18.2 Å². The van der Waals surface area contributed by atoms with Crippen LogP contribution < -0.4 is 5.32 Å². The van der Waals surface area contributed by atoms with Gasteiger partial charge in [-0.3, -0.25) is 4.79 Å². The lowest BCUT2D eigenvalue weighted by atomic mass is 10.00. The summed E-state index contributed by atoms with van der Waals surface area (Å²) in [6, 6.07) is 12.7. The molecule has 0 fully saturated rings. The Morgan fingerprint density at radius 3 is 2.59 bits per heavy atom. The highest BCUT2D eigenvalue weighted by atomic mass is 19.1. The molecule has 0 heterocycles. The van der Waals surface area contributed by atoms with Crippen LogP contribution in [0.25, 0.3) is 0 Å². The number of amides is 1. The van der Waals surface area contributed by atoms with Crippen LogP contribution in [0.2, 0.25) is 0 Å². The van der Waals surface area contributed by atoms with Crippen LogP contribution in [0.1, 0.15) is 41.6 Å². The molecule has 1 atom stereocenters. The number of halogens is 1. The Morgan fingerprint density at radius 2 is 1.91 bits per heavy atom. The molecule has 0 radical (unpaired) electrons. The van der Waals surface area contributed by atoms with Crippen LogP contribution in [0.15, 0.2) is 42.5 Å². The number of hydrogen-bond acceptors (Lipinski definition) is 1. The number of carbonyl (C=O) groups is 1. The van der Waals surface area contributed by atoms with Crippen molar-refractivity contribution < 1.29 is 9.18 Å². The molecule has 22 heavy (non-hydrogen) atoms. The van der Waals surface area contributed by atoms with Gasteiger partial charge >= 0.3 is 0 Å². The Labute approximate surface area is 131 Å². The zero-order valence-electron chi connectivity index (χ0n) is 13.3. The average Bonchev–Trinajstić information content (AvgIpc) is 2.46. The van der Waals surface area contributed by atoms with Gasteiger partial charge < -0.3 is 5.32 Å². The molecule has 1 N–H and O–H groups in total. The van der Waals surface area contributed by atoms with Crippen LogP contribution in [-0.4, -0.2) is 5.91 Å². The smallest absolute Gasteiger partial charge is 0.220 e. The molecular formula is C19H22FNO. The predicted octanol–water partition coefficient (Wildman–Crippen LogP) is 4.25. The highest BCUT2D eigenvalue weighted by molar-refractivity contribution is 5.76. The third kappa shape index (κ3) is 4.17. The molecule has 2 rings (SSSR count). The predicted molar refractivity (Wildman–Crippen MR) is 87.2 cm³/mol. The highest BCUT2D eigenvalue weighted by Gasteiger charge is 2.12. The van der Waals surface area contributed by atoms with Gasteiger partial charge in [0.15, 0.2) is 0 Å². The Bertz CT molecular complexity index is 666. The van der Waals surface area contributed by atoms with Gasteiger partial charge in [0.1, 0.15) is 5.82 Å². The number of aryl methyl sites for hydroxylation is 3. The Kier molecular flexibility index (Phi) is 5.31. The van der Waals surface area contributed by atoms with Gasteiger partial charge in [0.25, 0.3) is 0 Å². The molecule has 0 saturated carbocycles. The summed E-state index contributed by atoms with van der Waals surface area (Å²) in [5, 5.41) is 2.98. The monoisotopic (exact) mass is 299 g/mol. The normalized spacial score (nSPS) is 12.0. The third-order valence-corrected chi connectivity index (χ3v) is 3.85. The maximum Gasteiger partial charge on any atom is 0.220 e. The second kappa shape index (κ2) is 7.21. The molecule has 2 nitrogen and oxygen atoms in total. The molecule has 0 unspecified atom stereocenters. The SMILES string of the molecule is Cc1ccc([C@@H](C)NC(=O)CCc2ccccc2F)c(C)c1. The van der Waals surface area contributed by atoms with Gasteiger partial charge in [0, 0.05) is 6.42 Å². The standard InChI is InChI=1S/C19H22FNO/c1-13-8-10-17(14(2)12-13)15(3)21-19(22)11-9-16-6-4-5-7-18(16)20/h4-8,10,12,15H,9,11H2,1-3H3,(H,21,22)/t15-/m1/s1. The summed E-state index contributed by atoms with van der Waals surface area (Å²) in [7, 11) is 0. The van der Waals surface area contributed by atoms with Gasteiger partial charge in [0.2, 0.25) is 5.91 Å². The van der Waals surface area contributed by atoms with Crippen molar-refractivity contribution in [2.24, 2.45) is 0 Å². The van der Waals surface area contributed by atoms with Gasteiger partial charge in [0.05, 0.1) is 6.04 Å². The van der Waals surface area contributed by atoms with Crippen LogP contribution in [-0.2, 0) is 11.2 Å². The van der Waals surface area contributed by atoms with Crippen molar-refractivity contribution in [1.82, 2.24) is 5.32 Å². The van der Waals surface area contributed by atoms with Crippen LogP contribution in [0, 0.1) is 19.7 Å². The van der Waals surface area contributed by atoms with E-state index < -0.39 is 0 Å². The molecular weight excluding hydrogens is 277 g/mol. The molecule has 0 aromatic heterocycles. The lowest BCUT2D eigenvalue weighted by molar-refractivity contribution is -0.121. The van der Waals surface area contributed by atoms with Gasteiger partial charge in [-0.1, -0.05) is 42.0 Å². The summed E-state index contributed by atoms with van der Waals surface area (Å²) >= 11 is 0. The molecule has 0 saturated heterocycles. The number of nitrogens with one attached hydrogen (secondary N) is 1. The fourth-order valence-corrected chi connectivity index (χ4v) is 2.65. The summed E-state index contributed by atoms with van der Waals surface area (Å²) in [4.78, 5) is 12.1. The molecule has 1 amide bonds. The van der Waals surface area contributed by atoms with Gasteiger partial charge in [-0.2, -0.15) is 0 Å². The molecule has 0 spiro atoms. The van der Waals surface area contributed by atoms with Crippen molar-refractivity contribution in [3.8, 4) is 0 Å². The molecule has 0 aliphatic carbocycles. The van der Waals surface area contributed by atoms with Crippen molar-refractivity contribution >= 4 is 5.91 Å². The fourth-order valence-electron chi connectivity index (χ4n) is 2.65. The second-order valence-corrected chi connectivity index (χ2v) is 5.74. The average molecular weight is 299 g/mol. The molecule has 0 bridgehead atoms. The lowest BCUT2D eigenvalue weighted by Crippen LogP contribution is -2.27. The van der Waals surface area contributed by atoms with E-state index in [2.05, 4.69) is 18.3 Å². The maximum atomic E-state index is 13.5. The minimum absolute atomic E-state index is 0.0475. The summed E-state index contributed by atoms with van der Waals surface area (Å²) in [6.45, 7) is 6.07. The summed E-state index contributed by atoms with van der Waals surface area (Å²) in [5.74, 6) is -0.312. The van der Waals surface area contributed by atoms with E-state index >= 15 is 0 Å². The molecule has 2 aromatic rings. The first kappa shape index (κ1) is 16.2. The van der Waals surface area contributed by atoms with Crippen LogP contribution in [0.5, 0.6) is 0 Å². The Balaban J connectivity index is 1.93. The van der Waals surface area contributed by atoms with Crippen LogP contribution in [0.3, 0.4) is 0 Å². The van der Waals surface area contributed by atoms with Gasteiger partial charge in [-0.25, -0.2) is 4.39 Å². The largest absolute Gasteiger partial charge is 0.350 e. The minimum atomic E-state index is -0.252. The van der Waals surface area contributed by atoms with Crippen molar-refractivity contribution in [3.63, 3.8) is 0 Å². The molecule has 0 aliphatic heterocycles. The molecule has 0 aliphatic rings. The lowest BCUT2D eigenvalue weighted by Gasteiger charge is -2.17. The van der Waals surface area contributed by atoms with Crippen molar-refractivity contribution in [1.29, 1.82) is 0 Å². The zero-order valence-corrected chi connectivity index (χ0v) is 13.3. The van der Waals surface area contributed by atoms with Gasteiger partial charge in [-0.15, -0.1) is 0 Å². The third-order valence-electron chi connectivity index (χ3n) is 3.85. The van der Waals surface area contributed by atoms with E-state index in [0.29, 0.717) is 12.0 Å². The first-order valence-corrected chi connectivity index (χ1v) is 7.57. The number of rotatable bonds is 5. The van der Waals surface area contributed by atoms with Gasteiger partial charge in [-0.05, 0) is 49.9 Å². The zero-order chi connectivity index (χ0) is 16.1. The van der Waals surface area contributed by atoms with E-state index in [1.165, 1.54) is 17.2 Å². The minimum Gasteiger partial charge on any atom is -0.350 e. The van der Waals surface area contributed by atoms with E-state index in [9.17, 15) is 9.18 Å². The van der Waals surface area contributed by atoms with E-state index in [0.717, 1.165) is 5.56 Å². The van der Waals surface area contributed by atoms with E-state index in [1.807, 2.05) is 26.0 Å². The molecule has 3 heteroatoms. The van der Waals surface area contributed by atoms with Crippen LogP contribution >= 0.6 is 0 Å². The topological polar surface area (TPSA) is 29.1 Å². The Morgan fingerprint density at radius 1 is 1.18 bits per heavy atom. The van der Waals surface area contributed by atoms with E-state index in [-0.39, 0.29) is 24.2 Å². The molecule has 2 aromatic carbocycles. The highest BCUT2D eigenvalue weighted by Crippen LogP contribution is 2.19. The van der Waals surface area contributed by atoms with Crippen molar-refractivity contribution in [3.05, 3.63) is 70.5 Å². The second-order valence-electron chi connectivity index (χ2n) is 5.74. The summed E-state index contributed by atoms with van der Waals surface area (Å²) < 4.78 is 13.5. The maximum absolute atomic E-state index is 13.5. The quantitative estimate of drug-likeness (QED) is 0.878. The van der Waals surface area contributed by atoms with Crippen molar-refractivity contribution in [2.75, 3.05) is 0 Å². The van der Waals surface area contributed by atoms with Crippen LogP contribution in [0.4, 0.5) is 4.39 Å². The van der Waals surface area contributed by atoms with Crippen molar-refractivity contribution in [2.45, 2.75) is 39.7 Å². The first-order valence-electron chi connectivity index (χ1n) is 7.57. The number of hydrogen-bond donors (Lipinski definition) is 1. The summed E-state index contributed by atoms with van der Waals surface area (Å²) in [5.41, 5.74) is 4.07. The summed E-state index contributed by atoms with van der Waals surface area (Å²) in [6.07, 6.45) is 0.703. The number of carbonyl (C=O) groups excluding carboxylic acids is 1.